The van der Waals surface area contributed by atoms with Gasteiger partial charge in [0.1, 0.15) is 11.4 Å². The van der Waals surface area contributed by atoms with Gasteiger partial charge in [0.05, 0.1) is 12.3 Å². The van der Waals surface area contributed by atoms with Crippen LogP contribution in [0.4, 0.5) is 0 Å². The molecule has 1 atom stereocenters. The molecule has 0 bridgehead atoms. The lowest BCUT2D eigenvalue weighted by Gasteiger charge is -2.17. The van der Waals surface area contributed by atoms with Crippen molar-refractivity contribution in [3.05, 3.63) is 72.4 Å². The van der Waals surface area contributed by atoms with Gasteiger partial charge in [0.2, 0.25) is 0 Å². The van der Waals surface area contributed by atoms with E-state index in [1.807, 2.05) is 35.1 Å². The third-order valence-electron chi connectivity index (χ3n) is 5.03. The molecule has 0 saturated carbocycles. The molecule has 0 fully saturated rings. The number of rotatable bonds is 7. The van der Waals surface area contributed by atoms with Gasteiger partial charge in [0.15, 0.2) is 5.65 Å². The maximum Gasteiger partial charge on any atom is 0.163 e. The Hall–Kier alpha value is -3.18. The van der Waals surface area contributed by atoms with Crippen molar-refractivity contribution in [1.82, 2.24) is 19.7 Å². The average molecular weight is 401 g/mol. The van der Waals surface area contributed by atoms with Gasteiger partial charge in [-0.2, -0.15) is 5.10 Å². The van der Waals surface area contributed by atoms with E-state index in [-0.39, 0.29) is 0 Å². The number of fused-ring (bicyclic) bond motifs is 1. The number of hydrogen-bond acceptors (Lipinski definition) is 4. The Balaban J connectivity index is 1.62. The van der Waals surface area contributed by atoms with Crippen LogP contribution in [0.25, 0.3) is 28.0 Å². The Morgan fingerprint density at radius 3 is 2.57 bits per heavy atom. The lowest BCUT2D eigenvalue weighted by atomic mass is 10.1. The first kappa shape index (κ1) is 20.1. The largest absolute Gasteiger partial charge is 0.493 e. The molecule has 0 radical (unpaired) electrons. The summed E-state index contributed by atoms with van der Waals surface area (Å²) in [6.07, 6.45) is 1.81. The lowest BCUT2D eigenvalue weighted by molar-refractivity contribution is 0.222. The summed E-state index contributed by atoms with van der Waals surface area (Å²) in [5.41, 5.74) is 5.04. The first-order valence-electron chi connectivity index (χ1n) is 10.3. The second kappa shape index (κ2) is 8.67. The zero-order valence-electron chi connectivity index (χ0n) is 18.0. The summed E-state index contributed by atoms with van der Waals surface area (Å²) in [5, 5.41) is 5.95. The van der Waals surface area contributed by atoms with Crippen molar-refractivity contribution in [2.24, 2.45) is 5.92 Å². The number of aromatic nitrogens is 3. The van der Waals surface area contributed by atoms with Crippen LogP contribution in [-0.2, 0) is 0 Å². The zero-order valence-corrected chi connectivity index (χ0v) is 18.0. The average Bonchev–Trinajstić information content (AvgIpc) is 3.12. The van der Waals surface area contributed by atoms with Gasteiger partial charge in [0.25, 0.3) is 0 Å². The van der Waals surface area contributed by atoms with Crippen LogP contribution in [0.15, 0.2) is 66.9 Å². The van der Waals surface area contributed by atoms with Crippen LogP contribution in [-0.4, -0.2) is 46.9 Å². The van der Waals surface area contributed by atoms with Crippen LogP contribution < -0.4 is 4.74 Å². The molecule has 2 aromatic heterocycles. The summed E-state index contributed by atoms with van der Waals surface area (Å²) in [4.78, 5) is 6.78. The van der Waals surface area contributed by atoms with Crippen LogP contribution >= 0.6 is 0 Å². The molecule has 0 spiro atoms. The van der Waals surface area contributed by atoms with E-state index in [4.69, 9.17) is 9.84 Å². The van der Waals surface area contributed by atoms with Gasteiger partial charge in [-0.15, -0.1) is 0 Å². The summed E-state index contributed by atoms with van der Waals surface area (Å²) in [7, 11) is 4.17. The highest BCUT2D eigenvalue weighted by Gasteiger charge is 2.14. The van der Waals surface area contributed by atoms with Crippen LogP contribution in [0, 0.1) is 12.8 Å². The third-order valence-corrected chi connectivity index (χ3v) is 5.03. The van der Waals surface area contributed by atoms with Gasteiger partial charge in [-0.05, 0) is 75.1 Å². The fourth-order valence-corrected chi connectivity index (χ4v) is 3.73. The van der Waals surface area contributed by atoms with Crippen molar-refractivity contribution in [1.29, 1.82) is 0 Å². The minimum Gasteiger partial charge on any atom is -0.493 e. The monoisotopic (exact) mass is 400 g/mol. The molecule has 0 amide bonds. The molecule has 5 heteroatoms. The quantitative estimate of drug-likeness (QED) is 0.439. The first-order valence-corrected chi connectivity index (χ1v) is 10.3. The topological polar surface area (TPSA) is 43.2 Å². The summed E-state index contributed by atoms with van der Waals surface area (Å²) >= 11 is 0. The molecular formula is C25H28N4O. The second-order valence-electron chi connectivity index (χ2n) is 8.18. The van der Waals surface area contributed by atoms with Crippen LogP contribution in [0.3, 0.4) is 0 Å². The molecule has 5 nitrogen and oxygen atoms in total. The van der Waals surface area contributed by atoms with E-state index in [1.165, 1.54) is 5.56 Å². The minimum atomic E-state index is 0.472. The first-order chi connectivity index (χ1) is 14.5. The van der Waals surface area contributed by atoms with Gasteiger partial charge >= 0.3 is 0 Å². The van der Waals surface area contributed by atoms with Gasteiger partial charge in [-0.25, -0.2) is 9.67 Å². The van der Waals surface area contributed by atoms with Gasteiger partial charge in [-0.3, -0.25) is 0 Å². The number of hydrogen-bond donors (Lipinski definition) is 0. The fraction of sp³-hybridized carbons (Fsp3) is 0.280. The third kappa shape index (κ3) is 4.36. The summed E-state index contributed by atoms with van der Waals surface area (Å²) in [5.74, 6) is 1.35. The van der Waals surface area contributed by atoms with Crippen molar-refractivity contribution < 1.29 is 4.74 Å². The number of nitrogens with zero attached hydrogens (tertiary/aromatic N) is 4. The van der Waals surface area contributed by atoms with E-state index in [9.17, 15) is 0 Å². The predicted octanol–water partition coefficient (Wildman–Crippen LogP) is 4.97. The van der Waals surface area contributed by atoms with Crippen molar-refractivity contribution in [2.45, 2.75) is 13.8 Å². The molecule has 0 aliphatic heterocycles. The Morgan fingerprint density at radius 1 is 1.03 bits per heavy atom. The maximum absolute atomic E-state index is 5.97. The van der Waals surface area contributed by atoms with E-state index in [1.54, 1.807) is 0 Å². The molecule has 0 N–H and O–H groups in total. The summed E-state index contributed by atoms with van der Waals surface area (Å²) in [6, 6.07) is 20.5. The van der Waals surface area contributed by atoms with Gasteiger partial charge in [0, 0.05) is 29.6 Å². The lowest BCUT2D eigenvalue weighted by Crippen LogP contribution is -2.24. The molecule has 30 heavy (non-hydrogen) atoms. The van der Waals surface area contributed by atoms with E-state index < -0.39 is 0 Å². The molecule has 0 aliphatic carbocycles. The van der Waals surface area contributed by atoms with E-state index in [2.05, 4.69) is 74.2 Å². The molecule has 0 aliphatic rings. The molecule has 2 heterocycles. The predicted molar refractivity (Wildman–Crippen MR) is 122 cm³/mol. The Morgan fingerprint density at radius 2 is 1.83 bits per heavy atom. The van der Waals surface area contributed by atoms with E-state index >= 15 is 0 Å². The van der Waals surface area contributed by atoms with Crippen molar-refractivity contribution in [2.75, 3.05) is 27.2 Å². The van der Waals surface area contributed by atoms with Crippen LogP contribution in [0.5, 0.6) is 5.75 Å². The minimum absolute atomic E-state index is 0.472. The highest BCUT2D eigenvalue weighted by atomic mass is 16.5. The molecule has 4 aromatic rings. The Kier molecular flexibility index (Phi) is 5.81. The van der Waals surface area contributed by atoms with Crippen LogP contribution in [0.1, 0.15) is 12.5 Å². The van der Waals surface area contributed by atoms with Crippen molar-refractivity contribution >= 4 is 11.0 Å². The highest BCUT2D eigenvalue weighted by molar-refractivity contribution is 5.92. The second-order valence-corrected chi connectivity index (χ2v) is 8.18. The Labute approximate surface area is 177 Å². The number of pyridine rings is 1. The van der Waals surface area contributed by atoms with Gasteiger partial charge in [-0.1, -0.05) is 19.1 Å². The SMILES string of the molecule is Cc1cccc(-n2nc(-c3ccc(OCC(C)CN(C)C)cc3)c3cccnc32)c1. The van der Waals surface area contributed by atoms with Crippen molar-refractivity contribution in [3.8, 4) is 22.7 Å². The van der Waals surface area contributed by atoms with Crippen LogP contribution in [0.2, 0.25) is 0 Å². The molecule has 1 unspecified atom stereocenters. The Bertz CT molecular complexity index is 1130. The summed E-state index contributed by atoms with van der Waals surface area (Å²) < 4.78 is 7.89. The van der Waals surface area contributed by atoms with Crippen molar-refractivity contribution in [3.63, 3.8) is 0 Å². The normalized spacial score (nSPS) is 12.4. The zero-order chi connectivity index (χ0) is 21.1. The standard InChI is InChI=1S/C25H28N4O/c1-18-7-5-8-21(15-18)29-25-23(9-6-14-26-25)24(27-29)20-10-12-22(13-11-20)30-17-19(2)16-28(3)4/h5-15,19H,16-17H2,1-4H3. The smallest absolute Gasteiger partial charge is 0.163 e. The highest BCUT2D eigenvalue weighted by Crippen LogP contribution is 2.30. The number of ether oxygens (including phenoxy) is 1. The molecule has 154 valence electrons. The molecule has 2 aromatic carbocycles. The maximum atomic E-state index is 5.97. The molecule has 4 rings (SSSR count). The molecular weight excluding hydrogens is 372 g/mol. The fourth-order valence-electron chi connectivity index (χ4n) is 3.73. The van der Waals surface area contributed by atoms with E-state index in [0.29, 0.717) is 12.5 Å². The summed E-state index contributed by atoms with van der Waals surface area (Å²) in [6.45, 7) is 5.99. The van der Waals surface area contributed by atoms with Gasteiger partial charge < -0.3 is 9.64 Å². The molecule has 0 saturated heterocycles. The van der Waals surface area contributed by atoms with E-state index in [0.717, 1.165) is 40.3 Å². The number of benzene rings is 2. The number of aryl methyl sites for hydroxylation is 1.